The smallest absolute Gasteiger partial charge is 0.409 e. The van der Waals surface area contributed by atoms with Crippen molar-refractivity contribution < 1.29 is 14.3 Å². The molecule has 2 heterocycles. The Morgan fingerprint density at radius 3 is 2.73 bits per heavy atom. The number of rotatable bonds is 6. The number of amides is 1. The molecule has 1 amide bonds. The van der Waals surface area contributed by atoms with Crippen molar-refractivity contribution in [1.29, 1.82) is 0 Å². The molecule has 26 heavy (non-hydrogen) atoms. The fourth-order valence-electron chi connectivity index (χ4n) is 2.67. The third kappa shape index (κ3) is 6.42. The number of carbonyl (C=O) groups excluding carboxylic acids is 1. The lowest BCUT2D eigenvalue weighted by atomic mass is 10.1. The number of aromatic nitrogens is 1. The van der Waals surface area contributed by atoms with Crippen molar-refractivity contribution in [3.8, 4) is 5.88 Å². The van der Waals surface area contributed by atoms with Gasteiger partial charge in [0, 0.05) is 31.4 Å². The first-order chi connectivity index (χ1) is 12.5. The Labute approximate surface area is 154 Å². The van der Waals surface area contributed by atoms with E-state index in [2.05, 4.69) is 15.3 Å². The number of ether oxygens (including phenoxy) is 2. The summed E-state index contributed by atoms with van der Waals surface area (Å²) in [5.74, 6) is 1.01. The molecule has 1 saturated heterocycles. The van der Waals surface area contributed by atoms with Gasteiger partial charge >= 0.3 is 6.09 Å². The number of guanidine groups is 1. The first-order valence-electron chi connectivity index (χ1n) is 9.07. The summed E-state index contributed by atoms with van der Waals surface area (Å²) in [6.45, 7) is 7.90. The molecule has 0 aromatic carbocycles. The molecule has 0 aliphatic carbocycles. The first kappa shape index (κ1) is 19.8. The molecule has 0 saturated carbocycles. The van der Waals surface area contributed by atoms with Gasteiger partial charge in [-0.05, 0) is 39.2 Å². The van der Waals surface area contributed by atoms with Crippen LogP contribution in [0, 0.1) is 0 Å². The van der Waals surface area contributed by atoms with Crippen molar-refractivity contribution in [1.82, 2.24) is 15.2 Å². The molecule has 8 nitrogen and oxygen atoms in total. The number of nitrogens with one attached hydrogen (secondary N) is 1. The number of hydrogen-bond acceptors (Lipinski definition) is 5. The fourth-order valence-corrected chi connectivity index (χ4v) is 2.67. The summed E-state index contributed by atoms with van der Waals surface area (Å²) < 4.78 is 10.5. The van der Waals surface area contributed by atoms with Gasteiger partial charge in [0.05, 0.1) is 19.3 Å². The molecule has 1 aliphatic rings. The van der Waals surface area contributed by atoms with E-state index in [0.717, 1.165) is 18.4 Å². The maximum Gasteiger partial charge on any atom is 0.409 e. The number of pyridine rings is 1. The van der Waals surface area contributed by atoms with Gasteiger partial charge < -0.3 is 25.4 Å². The molecule has 0 atom stereocenters. The van der Waals surface area contributed by atoms with Gasteiger partial charge in [0.1, 0.15) is 0 Å². The van der Waals surface area contributed by atoms with Crippen molar-refractivity contribution in [2.45, 2.75) is 52.3 Å². The SMILES string of the molecule is CCOC(=O)N1CCC(NC(N)=NCc2ccc(OC(C)C)nc2)CC1. The van der Waals surface area contributed by atoms with Gasteiger partial charge in [-0.15, -0.1) is 0 Å². The highest BCUT2D eigenvalue weighted by Crippen LogP contribution is 2.12. The van der Waals surface area contributed by atoms with Crippen molar-refractivity contribution in [2.75, 3.05) is 19.7 Å². The molecule has 1 fully saturated rings. The van der Waals surface area contributed by atoms with Crippen LogP contribution in [0.25, 0.3) is 0 Å². The normalized spacial score (nSPS) is 15.8. The van der Waals surface area contributed by atoms with Gasteiger partial charge in [-0.1, -0.05) is 6.07 Å². The molecular weight excluding hydrogens is 334 g/mol. The lowest BCUT2D eigenvalue weighted by Crippen LogP contribution is -2.48. The largest absolute Gasteiger partial charge is 0.475 e. The summed E-state index contributed by atoms with van der Waals surface area (Å²) in [4.78, 5) is 22.0. The Bertz CT molecular complexity index is 595. The van der Waals surface area contributed by atoms with E-state index in [0.29, 0.717) is 38.1 Å². The minimum atomic E-state index is -0.245. The molecule has 2 rings (SSSR count). The molecule has 0 spiro atoms. The number of hydrogen-bond donors (Lipinski definition) is 2. The van der Waals surface area contributed by atoms with E-state index >= 15 is 0 Å². The summed E-state index contributed by atoms with van der Waals surface area (Å²) in [5, 5.41) is 3.22. The topological polar surface area (TPSA) is 102 Å². The second-order valence-corrected chi connectivity index (χ2v) is 6.48. The van der Waals surface area contributed by atoms with Gasteiger partial charge in [-0.25, -0.2) is 14.8 Å². The summed E-state index contributed by atoms with van der Waals surface area (Å²) >= 11 is 0. The summed E-state index contributed by atoms with van der Waals surface area (Å²) in [7, 11) is 0. The molecule has 0 radical (unpaired) electrons. The molecule has 1 aromatic rings. The number of piperidine rings is 1. The van der Waals surface area contributed by atoms with E-state index in [4.69, 9.17) is 15.2 Å². The summed E-state index contributed by atoms with van der Waals surface area (Å²) in [5.41, 5.74) is 6.94. The average molecular weight is 363 g/mol. The van der Waals surface area contributed by atoms with Crippen molar-refractivity contribution >= 4 is 12.1 Å². The molecule has 144 valence electrons. The Morgan fingerprint density at radius 2 is 2.15 bits per heavy atom. The Hall–Kier alpha value is -2.51. The lowest BCUT2D eigenvalue weighted by Gasteiger charge is -2.31. The van der Waals surface area contributed by atoms with Crippen LogP contribution in [0.15, 0.2) is 23.3 Å². The zero-order valence-electron chi connectivity index (χ0n) is 15.8. The second kappa shape index (κ2) is 9.84. The highest BCUT2D eigenvalue weighted by molar-refractivity contribution is 5.78. The maximum atomic E-state index is 11.7. The second-order valence-electron chi connectivity index (χ2n) is 6.48. The number of likely N-dealkylation sites (tertiary alicyclic amines) is 1. The molecule has 0 bridgehead atoms. The Balaban J connectivity index is 1.76. The van der Waals surface area contributed by atoms with Crippen molar-refractivity contribution in [3.63, 3.8) is 0 Å². The quantitative estimate of drug-likeness (QED) is 0.591. The third-order valence-corrected chi connectivity index (χ3v) is 3.96. The Morgan fingerprint density at radius 1 is 1.42 bits per heavy atom. The van der Waals surface area contributed by atoms with E-state index in [9.17, 15) is 4.79 Å². The molecule has 8 heteroatoms. The standard InChI is InChI=1S/C18H29N5O3/c1-4-25-18(24)23-9-7-15(8-10-23)22-17(19)21-12-14-5-6-16(20-11-14)26-13(2)3/h5-6,11,13,15H,4,7-10,12H2,1-3H3,(H3,19,21,22). The van der Waals surface area contributed by atoms with E-state index in [1.54, 1.807) is 11.1 Å². The highest BCUT2D eigenvalue weighted by Gasteiger charge is 2.23. The van der Waals surface area contributed by atoms with Gasteiger partial charge in [-0.2, -0.15) is 0 Å². The predicted octanol–water partition coefficient (Wildman–Crippen LogP) is 1.89. The van der Waals surface area contributed by atoms with Crippen LogP contribution in [-0.4, -0.2) is 53.8 Å². The van der Waals surface area contributed by atoms with Crippen LogP contribution < -0.4 is 15.8 Å². The third-order valence-electron chi connectivity index (χ3n) is 3.96. The first-order valence-corrected chi connectivity index (χ1v) is 9.07. The van der Waals surface area contributed by atoms with Crippen LogP contribution in [-0.2, 0) is 11.3 Å². The van der Waals surface area contributed by atoms with E-state index in [1.807, 2.05) is 32.9 Å². The monoisotopic (exact) mass is 363 g/mol. The van der Waals surface area contributed by atoms with Crippen LogP contribution >= 0.6 is 0 Å². The fraction of sp³-hybridized carbons (Fsp3) is 0.611. The molecule has 1 aliphatic heterocycles. The van der Waals surface area contributed by atoms with E-state index < -0.39 is 0 Å². The highest BCUT2D eigenvalue weighted by atomic mass is 16.6. The van der Waals surface area contributed by atoms with Crippen LogP contribution in [0.3, 0.4) is 0 Å². The summed E-state index contributed by atoms with van der Waals surface area (Å²) in [6, 6.07) is 3.98. The van der Waals surface area contributed by atoms with Crippen LogP contribution in [0.2, 0.25) is 0 Å². The number of nitrogens with zero attached hydrogens (tertiary/aromatic N) is 3. The predicted molar refractivity (Wildman–Crippen MR) is 100 cm³/mol. The molecular formula is C18H29N5O3. The molecule has 3 N–H and O–H groups in total. The minimum Gasteiger partial charge on any atom is -0.475 e. The summed E-state index contributed by atoms with van der Waals surface area (Å²) in [6.07, 6.45) is 3.23. The minimum absolute atomic E-state index is 0.0986. The maximum absolute atomic E-state index is 11.7. The number of aliphatic imine (C=N–C) groups is 1. The van der Waals surface area contributed by atoms with Crippen LogP contribution in [0.1, 0.15) is 39.2 Å². The van der Waals surface area contributed by atoms with E-state index in [1.165, 1.54) is 0 Å². The Kier molecular flexibility index (Phi) is 7.50. The van der Waals surface area contributed by atoms with Crippen LogP contribution in [0.4, 0.5) is 4.79 Å². The van der Waals surface area contributed by atoms with Crippen molar-refractivity contribution in [2.24, 2.45) is 10.7 Å². The molecule has 0 unspecified atom stereocenters. The van der Waals surface area contributed by atoms with Gasteiger partial charge in [0.25, 0.3) is 0 Å². The average Bonchev–Trinajstić information content (AvgIpc) is 2.61. The molecule has 1 aromatic heterocycles. The van der Waals surface area contributed by atoms with Crippen molar-refractivity contribution in [3.05, 3.63) is 23.9 Å². The van der Waals surface area contributed by atoms with Gasteiger partial charge in [0.2, 0.25) is 5.88 Å². The zero-order valence-corrected chi connectivity index (χ0v) is 15.8. The lowest BCUT2D eigenvalue weighted by molar-refractivity contribution is 0.0963. The number of carbonyl (C=O) groups is 1. The van der Waals surface area contributed by atoms with Gasteiger partial charge in [0.15, 0.2) is 5.96 Å². The number of nitrogens with two attached hydrogens (primary N) is 1. The van der Waals surface area contributed by atoms with E-state index in [-0.39, 0.29) is 18.2 Å². The van der Waals surface area contributed by atoms with Crippen LogP contribution in [0.5, 0.6) is 5.88 Å². The zero-order chi connectivity index (χ0) is 18.9. The van der Waals surface area contributed by atoms with Gasteiger partial charge in [-0.3, -0.25) is 0 Å².